The fraction of sp³-hybridized carbons (Fsp3) is 0.389. The lowest BCUT2D eigenvalue weighted by Gasteiger charge is -2.11. The Morgan fingerprint density at radius 3 is 3.00 bits per heavy atom. The van der Waals surface area contributed by atoms with Gasteiger partial charge in [0.2, 0.25) is 5.13 Å². The van der Waals surface area contributed by atoms with Gasteiger partial charge in [-0.15, -0.1) is 10.2 Å². The van der Waals surface area contributed by atoms with E-state index in [-0.39, 0.29) is 6.10 Å². The molecule has 26 heavy (non-hydrogen) atoms. The van der Waals surface area contributed by atoms with Crippen LogP contribution < -0.4 is 10.1 Å². The molecule has 0 amide bonds. The molecule has 3 aromatic rings. The summed E-state index contributed by atoms with van der Waals surface area (Å²) in [4.78, 5) is 0. The van der Waals surface area contributed by atoms with E-state index in [1.54, 1.807) is 0 Å². The van der Waals surface area contributed by atoms with Crippen LogP contribution in [0.4, 0.5) is 0 Å². The average molecular weight is 390 g/mol. The van der Waals surface area contributed by atoms with Gasteiger partial charge in [-0.25, -0.2) is 4.68 Å². The molecule has 0 unspecified atom stereocenters. The fourth-order valence-electron chi connectivity index (χ4n) is 2.92. The molecule has 0 aliphatic carbocycles. The summed E-state index contributed by atoms with van der Waals surface area (Å²) in [5.74, 6) is 0.679. The largest absolute Gasteiger partial charge is 0.489 e. The lowest BCUT2D eigenvalue weighted by molar-refractivity contribution is 0.242. The zero-order valence-electron chi connectivity index (χ0n) is 14.7. The molecule has 2 aromatic heterocycles. The molecule has 1 aliphatic rings. The maximum absolute atomic E-state index is 6.34. The third kappa shape index (κ3) is 3.60. The highest BCUT2D eigenvalue weighted by Gasteiger charge is 2.16. The SMILES string of the molecule is CC(C)Oc1ccc(-c2nnc(-n3cc4c(n3)CNCCC4)s2)cc1Cl. The van der Waals surface area contributed by atoms with Gasteiger partial charge in [-0.2, -0.15) is 5.10 Å². The molecule has 1 aromatic carbocycles. The minimum absolute atomic E-state index is 0.0796. The Hall–Kier alpha value is -1.96. The minimum atomic E-state index is 0.0796. The summed E-state index contributed by atoms with van der Waals surface area (Å²) in [6, 6.07) is 5.70. The van der Waals surface area contributed by atoms with Crippen LogP contribution in [-0.2, 0) is 13.0 Å². The van der Waals surface area contributed by atoms with E-state index in [1.807, 2.05) is 36.7 Å². The van der Waals surface area contributed by atoms with E-state index in [9.17, 15) is 0 Å². The lowest BCUT2D eigenvalue weighted by Crippen LogP contribution is -2.13. The second-order valence-electron chi connectivity index (χ2n) is 6.53. The first-order valence-electron chi connectivity index (χ1n) is 8.69. The minimum Gasteiger partial charge on any atom is -0.489 e. The normalized spacial score (nSPS) is 14.3. The average Bonchev–Trinajstić information content (AvgIpc) is 3.19. The summed E-state index contributed by atoms with van der Waals surface area (Å²) >= 11 is 7.83. The Balaban J connectivity index is 1.59. The first kappa shape index (κ1) is 17.5. The number of rotatable bonds is 4. The van der Waals surface area contributed by atoms with E-state index in [1.165, 1.54) is 16.9 Å². The van der Waals surface area contributed by atoms with E-state index in [4.69, 9.17) is 16.3 Å². The number of benzene rings is 1. The number of nitrogens with one attached hydrogen (secondary N) is 1. The molecule has 1 aliphatic heterocycles. The Labute approximate surface area is 161 Å². The van der Waals surface area contributed by atoms with Crippen LogP contribution in [0.3, 0.4) is 0 Å². The van der Waals surface area contributed by atoms with Crippen molar-refractivity contribution in [3.8, 4) is 21.5 Å². The van der Waals surface area contributed by atoms with E-state index in [0.717, 1.165) is 47.3 Å². The molecule has 0 fully saturated rings. The molecule has 8 heteroatoms. The molecule has 0 bridgehead atoms. The number of hydrogen-bond acceptors (Lipinski definition) is 6. The van der Waals surface area contributed by atoms with Gasteiger partial charge < -0.3 is 10.1 Å². The highest BCUT2D eigenvalue weighted by atomic mass is 35.5. The van der Waals surface area contributed by atoms with E-state index >= 15 is 0 Å². The quantitative estimate of drug-likeness (QED) is 0.733. The standard InChI is InChI=1S/C18H20ClN5OS/c1-11(2)25-16-6-5-12(8-14(16)19)17-21-22-18(26-17)24-10-13-4-3-7-20-9-15(13)23-24/h5-6,8,10-11,20H,3-4,7,9H2,1-2H3. The van der Waals surface area contributed by atoms with Crippen LogP contribution in [0.1, 0.15) is 31.5 Å². The Kier molecular flexibility index (Phi) is 4.93. The molecule has 3 heterocycles. The number of hydrogen-bond donors (Lipinski definition) is 1. The van der Waals surface area contributed by atoms with Crippen molar-refractivity contribution in [2.24, 2.45) is 0 Å². The predicted octanol–water partition coefficient (Wildman–Crippen LogP) is 3.87. The van der Waals surface area contributed by atoms with Crippen molar-refractivity contribution < 1.29 is 4.74 Å². The van der Waals surface area contributed by atoms with Crippen molar-refractivity contribution in [1.29, 1.82) is 0 Å². The van der Waals surface area contributed by atoms with Crippen molar-refractivity contribution in [3.63, 3.8) is 0 Å². The van der Waals surface area contributed by atoms with Gasteiger partial charge in [0.25, 0.3) is 0 Å². The van der Waals surface area contributed by atoms with Gasteiger partial charge in [-0.05, 0) is 57.0 Å². The van der Waals surface area contributed by atoms with Gasteiger partial charge in [-0.3, -0.25) is 0 Å². The zero-order valence-corrected chi connectivity index (χ0v) is 16.3. The van der Waals surface area contributed by atoms with Gasteiger partial charge >= 0.3 is 0 Å². The highest BCUT2D eigenvalue weighted by molar-refractivity contribution is 7.17. The predicted molar refractivity (Wildman–Crippen MR) is 103 cm³/mol. The molecule has 0 radical (unpaired) electrons. The lowest BCUT2D eigenvalue weighted by atomic mass is 10.2. The van der Waals surface area contributed by atoms with Gasteiger partial charge in [0, 0.05) is 18.3 Å². The van der Waals surface area contributed by atoms with Crippen molar-refractivity contribution in [3.05, 3.63) is 40.7 Å². The van der Waals surface area contributed by atoms with Crippen molar-refractivity contribution in [1.82, 2.24) is 25.3 Å². The van der Waals surface area contributed by atoms with E-state index < -0.39 is 0 Å². The van der Waals surface area contributed by atoms with Gasteiger partial charge in [0.05, 0.1) is 16.8 Å². The summed E-state index contributed by atoms with van der Waals surface area (Å²) in [7, 11) is 0. The van der Waals surface area contributed by atoms with Crippen LogP contribution >= 0.6 is 22.9 Å². The van der Waals surface area contributed by atoms with Crippen LogP contribution in [0.15, 0.2) is 24.4 Å². The first-order valence-corrected chi connectivity index (χ1v) is 9.88. The first-order chi connectivity index (χ1) is 12.6. The van der Waals surface area contributed by atoms with E-state index in [2.05, 4.69) is 26.8 Å². The summed E-state index contributed by atoms with van der Waals surface area (Å²) in [5.41, 5.74) is 3.30. The topological polar surface area (TPSA) is 64.9 Å². The summed E-state index contributed by atoms with van der Waals surface area (Å²) in [5, 5.41) is 18.8. The molecule has 0 spiro atoms. The van der Waals surface area contributed by atoms with Crippen LogP contribution in [0.2, 0.25) is 5.02 Å². The zero-order chi connectivity index (χ0) is 18.1. The van der Waals surface area contributed by atoms with Gasteiger partial charge in [0.15, 0.2) is 0 Å². The molecule has 0 saturated heterocycles. The monoisotopic (exact) mass is 389 g/mol. The molecular weight excluding hydrogens is 370 g/mol. The number of aryl methyl sites for hydroxylation is 1. The fourth-order valence-corrected chi connectivity index (χ4v) is 3.91. The van der Waals surface area contributed by atoms with Gasteiger partial charge in [0.1, 0.15) is 10.8 Å². The molecule has 0 atom stereocenters. The molecule has 0 saturated carbocycles. The Morgan fingerprint density at radius 1 is 1.31 bits per heavy atom. The van der Waals surface area contributed by atoms with Crippen LogP contribution in [0.5, 0.6) is 5.75 Å². The van der Waals surface area contributed by atoms with Crippen LogP contribution in [0.25, 0.3) is 15.7 Å². The van der Waals surface area contributed by atoms with Crippen LogP contribution in [0, 0.1) is 0 Å². The third-order valence-electron chi connectivity index (χ3n) is 4.12. The number of halogens is 1. The number of fused-ring (bicyclic) bond motifs is 1. The van der Waals surface area contributed by atoms with Crippen molar-refractivity contribution >= 4 is 22.9 Å². The second-order valence-corrected chi connectivity index (χ2v) is 7.89. The van der Waals surface area contributed by atoms with Crippen LogP contribution in [-0.4, -0.2) is 32.6 Å². The molecule has 136 valence electrons. The third-order valence-corrected chi connectivity index (χ3v) is 5.38. The molecule has 1 N–H and O–H groups in total. The Morgan fingerprint density at radius 2 is 2.19 bits per heavy atom. The molecular formula is C18H20ClN5OS. The smallest absolute Gasteiger partial charge is 0.233 e. The summed E-state index contributed by atoms with van der Waals surface area (Å²) in [6.45, 7) is 5.79. The molecule has 4 rings (SSSR count). The summed E-state index contributed by atoms with van der Waals surface area (Å²) in [6.07, 6.45) is 4.32. The number of ether oxygens (including phenoxy) is 1. The highest BCUT2D eigenvalue weighted by Crippen LogP contribution is 2.33. The Bertz CT molecular complexity index is 897. The summed E-state index contributed by atoms with van der Waals surface area (Å²) < 4.78 is 7.51. The van der Waals surface area contributed by atoms with Crippen molar-refractivity contribution in [2.45, 2.75) is 39.3 Å². The maximum atomic E-state index is 6.34. The number of nitrogens with zero attached hydrogens (tertiary/aromatic N) is 4. The van der Waals surface area contributed by atoms with E-state index in [0.29, 0.717) is 10.8 Å². The maximum Gasteiger partial charge on any atom is 0.233 e. The number of aromatic nitrogens is 4. The van der Waals surface area contributed by atoms with Crippen molar-refractivity contribution in [2.75, 3.05) is 6.54 Å². The van der Waals surface area contributed by atoms with Gasteiger partial charge in [-0.1, -0.05) is 22.9 Å². The molecule has 6 nitrogen and oxygen atoms in total. The second kappa shape index (κ2) is 7.34.